The van der Waals surface area contributed by atoms with Crippen LogP contribution in [-0.4, -0.2) is 31.1 Å². The van der Waals surface area contributed by atoms with Crippen molar-refractivity contribution in [3.05, 3.63) is 53.1 Å². The maximum atomic E-state index is 13.6. The first kappa shape index (κ1) is 19.3. The lowest BCUT2D eigenvalue weighted by molar-refractivity contribution is 0.0630. The van der Waals surface area contributed by atoms with Crippen molar-refractivity contribution in [3.8, 4) is 10.6 Å². The van der Waals surface area contributed by atoms with E-state index in [4.69, 9.17) is 4.42 Å². The Bertz CT molecular complexity index is 1200. The summed E-state index contributed by atoms with van der Waals surface area (Å²) in [6.45, 7) is 5.23. The quantitative estimate of drug-likeness (QED) is 0.510. The van der Waals surface area contributed by atoms with E-state index in [2.05, 4.69) is 15.3 Å². The van der Waals surface area contributed by atoms with Crippen LogP contribution in [0.25, 0.3) is 21.7 Å². The lowest BCUT2D eigenvalue weighted by Gasteiger charge is -2.20. The Hall–Kier alpha value is -3.04. The molecule has 29 heavy (non-hydrogen) atoms. The first-order chi connectivity index (χ1) is 13.7. The van der Waals surface area contributed by atoms with Gasteiger partial charge in [-0.3, -0.25) is 10.1 Å². The fourth-order valence-corrected chi connectivity index (χ4v) is 3.82. The molecule has 0 aliphatic rings. The van der Waals surface area contributed by atoms with Crippen LogP contribution < -0.4 is 5.32 Å². The Morgan fingerprint density at radius 3 is 2.83 bits per heavy atom. The second-order valence-corrected chi connectivity index (χ2v) is 8.41. The third-order valence-corrected chi connectivity index (χ3v) is 5.27. The van der Waals surface area contributed by atoms with Crippen LogP contribution in [0, 0.1) is 12.7 Å². The third kappa shape index (κ3) is 4.06. The monoisotopic (exact) mass is 414 g/mol. The van der Waals surface area contributed by atoms with Gasteiger partial charge in [-0.25, -0.2) is 14.4 Å². The number of thiophene rings is 1. The van der Waals surface area contributed by atoms with Crippen molar-refractivity contribution in [2.24, 2.45) is 0 Å². The van der Waals surface area contributed by atoms with Gasteiger partial charge in [-0.15, -0.1) is 11.3 Å². The number of aliphatic hydroxyl groups is 1. The van der Waals surface area contributed by atoms with E-state index in [-0.39, 0.29) is 18.4 Å². The number of oxazole rings is 1. The molecule has 3 aromatic heterocycles. The minimum absolute atomic E-state index is 0.178. The Balaban J connectivity index is 1.65. The second-order valence-electron chi connectivity index (χ2n) is 7.33. The number of hydrogen-bond donors (Lipinski definition) is 2. The molecule has 0 saturated heterocycles. The topological polar surface area (TPSA) is 93.2 Å². The number of carbonyl (C=O) groups excluding carboxylic acids is 1. The van der Waals surface area contributed by atoms with Gasteiger partial charge in [-0.05, 0) is 38.1 Å². The fourth-order valence-electron chi connectivity index (χ4n) is 2.98. The Labute approximate surface area is 169 Å². The number of hydrogen-bond acceptors (Lipinski definition) is 6. The summed E-state index contributed by atoms with van der Waals surface area (Å²) in [5.74, 6) is 0.602. The van der Waals surface area contributed by atoms with Crippen molar-refractivity contribution >= 4 is 34.2 Å². The molecule has 0 radical (unpaired) electrons. The highest BCUT2D eigenvalue weighted by Gasteiger charge is 2.22. The van der Waals surface area contributed by atoms with E-state index in [9.17, 15) is 14.3 Å². The summed E-state index contributed by atoms with van der Waals surface area (Å²) < 4.78 is 20.8. The van der Waals surface area contributed by atoms with Crippen molar-refractivity contribution in [3.63, 3.8) is 0 Å². The zero-order chi connectivity index (χ0) is 20.8. The van der Waals surface area contributed by atoms with Gasteiger partial charge in [0.05, 0.1) is 39.1 Å². The number of imidazole rings is 1. The van der Waals surface area contributed by atoms with Crippen molar-refractivity contribution in [2.45, 2.75) is 32.9 Å². The van der Waals surface area contributed by atoms with Crippen LogP contribution in [0.1, 0.15) is 29.4 Å². The number of nitrogens with zero attached hydrogens (tertiary/aromatic N) is 3. The molecule has 1 amide bonds. The highest BCUT2D eigenvalue weighted by molar-refractivity contribution is 7.17. The molecule has 0 spiro atoms. The summed E-state index contributed by atoms with van der Waals surface area (Å²) in [7, 11) is 0. The number of aromatic nitrogens is 3. The van der Waals surface area contributed by atoms with Crippen LogP contribution in [0.15, 0.2) is 40.9 Å². The molecule has 0 unspecified atom stereocenters. The predicted octanol–water partition coefficient (Wildman–Crippen LogP) is 4.22. The Morgan fingerprint density at radius 1 is 1.34 bits per heavy atom. The summed E-state index contributed by atoms with van der Waals surface area (Å²) >= 11 is 1.26. The first-order valence-corrected chi connectivity index (χ1v) is 9.73. The van der Waals surface area contributed by atoms with Gasteiger partial charge in [0, 0.05) is 13.0 Å². The van der Waals surface area contributed by atoms with Crippen molar-refractivity contribution < 1.29 is 18.7 Å². The molecule has 0 fully saturated rings. The highest BCUT2D eigenvalue weighted by Crippen LogP contribution is 2.30. The highest BCUT2D eigenvalue weighted by atomic mass is 32.1. The van der Waals surface area contributed by atoms with Gasteiger partial charge in [0.25, 0.3) is 5.91 Å². The molecule has 1 aromatic carbocycles. The van der Waals surface area contributed by atoms with Gasteiger partial charge >= 0.3 is 0 Å². The average Bonchev–Trinajstić information content (AvgIpc) is 3.33. The average molecular weight is 414 g/mol. The number of nitrogens with one attached hydrogen (secondary N) is 1. The maximum Gasteiger partial charge on any atom is 0.268 e. The normalized spacial score (nSPS) is 11.9. The van der Waals surface area contributed by atoms with Crippen LogP contribution in [-0.2, 0) is 6.54 Å². The van der Waals surface area contributed by atoms with E-state index in [1.165, 1.54) is 23.5 Å². The van der Waals surface area contributed by atoms with E-state index >= 15 is 0 Å². The molecule has 9 heteroatoms. The molecule has 2 N–H and O–H groups in total. The van der Waals surface area contributed by atoms with E-state index in [1.807, 2.05) is 0 Å². The molecule has 150 valence electrons. The summed E-state index contributed by atoms with van der Waals surface area (Å²) in [5, 5.41) is 13.0. The van der Waals surface area contributed by atoms with Gasteiger partial charge in [0.1, 0.15) is 5.82 Å². The van der Waals surface area contributed by atoms with Crippen molar-refractivity contribution in [1.29, 1.82) is 0 Å². The molecular weight excluding hydrogens is 395 g/mol. The minimum atomic E-state index is -1.05. The molecule has 4 aromatic rings. The van der Waals surface area contributed by atoms with Gasteiger partial charge in [-0.1, -0.05) is 0 Å². The molecule has 3 heterocycles. The number of carbonyl (C=O) groups is 1. The zero-order valence-electron chi connectivity index (χ0n) is 16.1. The molecule has 0 aliphatic heterocycles. The Kier molecular flexibility index (Phi) is 4.71. The number of anilines is 1. The number of rotatable bonds is 5. The van der Waals surface area contributed by atoms with E-state index in [0.717, 1.165) is 4.88 Å². The second kappa shape index (κ2) is 7.09. The standard InChI is InChI=1S/C20H19FN4O3S/c1-11-22-9-15(28-11)16-6-7-17(29-16)18(26)24-19-23-13-8-12(21)4-5-14(13)25(19)10-20(2,3)27/h4-9,27H,10H2,1-3H3,(H,23,24,26). The van der Waals surface area contributed by atoms with E-state index < -0.39 is 11.4 Å². The molecule has 0 bridgehead atoms. The number of fused-ring (bicyclic) bond motifs is 1. The number of amides is 1. The number of aryl methyl sites for hydroxylation is 1. The largest absolute Gasteiger partial charge is 0.440 e. The van der Waals surface area contributed by atoms with Crippen LogP contribution in [0.4, 0.5) is 10.3 Å². The minimum Gasteiger partial charge on any atom is -0.440 e. The smallest absolute Gasteiger partial charge is 0.268 e. The van der Waals surface area contributed by atoms with Crippen LogP contribution in [0.3, 0.4) is 0 Å². The lowest BCUT2D eigenvalue weighted by atomic mass is 10.1. The molecule has 0 aliphatic carbocycles. The summed E-state index contributed by atoms with van der Waals surface area (Å²) in [5.41, 5.74) is -0.0387. The van der Waals surface area contributed by atoms with Crippen molar-refractivity contribution in [1.82, 2.24) is 14.5 Å². The van der Waals surface area contributed by atoms with Crippen LogP contribution in [0.5, 0.6) is 0 Å². The number of halogens is 1. The Morgan fingerprint density at radius 2 is 2.14 bits per heavy atom. The zero-order valence-corrected chi connectivity index (χ0v) is 16.9. The third-order valence-electron chi connectivity index (χ3n) is 4.17. The predicted molar refractivity (Wildman–Crippen MR) is 108 cm³/mol. The molecule has 4 rings (SSSR count). The van der Waals surface area contributed by atoms with Crippen LogP contribution in [0.2, 0.25) is 0 Å². The van der Waals surface area contributed by atoms with E-state index in [0.29, 0.717) is 27.6 Å². The molecule has 7 nitrogen and oxygen atoms in total. The first-order valence-electron chi connectivity index (χ1n) is 8.92. The van der Waals surface area contributed by atoms with Gasteiger partial charge in [-0.2, -0.15) is 0 Å². The SMILES string of the molecule is Cc1ncc(-c2ccc(C(=O)Nc3nc4cc(F)ccc4n3CC(C)(C)O)s2)o1. The molecular formula is C20H19FN4O3S. The van der Waals surface area contributed by atoms with Gasteiger partial charge in [0.2, 0.25) is 5.95 Å². The fraction of sp³-hybridized carbons (Fsp3) is 0.250. The molecule has 0 atom stereocenters. The van der Waals surface area contributed by atoms with E-state index in [1.54, 1.807) is 49.7 Å². The summed E-state index contributed by atoms with van der Waals surface area (Å²) in [6, 6.07) is 7.67. The van der Waals surface area contributed by atoms with Crippen molar-refractivity contribution in [2.75, 3.05) is 5.32 Å². The van der Waals surface area contributed by atoms with Gasteiger partial charge in [0.15, 0.2) is 11.7 Å². The van der Waals surface area contributed by atoms with Crippen LogP contribution >= 0.6 is 11.3 Å². The summed E-state index contributed by atoms with van der Waals surface area (Å²) in [6.07, 6.45) is 1.61. The van der Waals surface area contributed by atoms with Gasteiger partial charge < -0.3 is 14.1 Å². The number of benzene rings is 1. The summed E-state index contributed by atoms with van der Waals surface area (Å²) in [4.78, 5) is 22.4. The molecule has 0 saturated carbocycles. The maximum absolute atomic E-state index is 13.6. The lowest BCUT2D eigenvalue weighted by Crippen LogP contribution is -2.27.